The lowest BCUT2D eigenvalue weighted by atomic mass is 9.98. The molecule has 2 fully saturated rings. The highest BCUT2D eigenvalue weighted by Gasteiger charge is 2.47. The van der Waals surface area contributed by atoms with Crippen LogP contribution in [0.5, 0.6) is 0 Å². The van der Waals surface area contributed by atoms with Crippen LogP contribution in [0.15, 0.2) is 60.8 Å². The molecule has 7 N–H and O–H groups in total. The average molecular weight is 1210 g/mol. The fourth-order valence-corrected chi connectivity index (χ4v) is 11.0. The van der Waals surface area contributed by atoms with E-state index in [1.54, 1.807) is 0 Å². The van der Waals surface area contributed by atoms with Crippen molar-refractivity contribution in [2.24, 2.45) is 0 Å². The molecule has 2 aliphatic heterocycles. The molecule has 2 aliphatic rings. The van der Waals surface area contributed by atoms with Gasteiger partial charge in [-0.25, -0.2) is 0 Å². The lowest BCUT2D eigenvalue weighted by molar-refractivity contribution is -0.332. The zero-order chi connectivity index (χ0) is 61.5. The number of esters is 1. The van der Waals surface area contributed by atoms with Gasteiger partial charge in [-0.05, 0) is 77.0 Å². The number of carbonyl (C=O) groups excluding carboxylic acids is 1. The van der Waals surface area contributed by atoms with Crippen molar-refractivity contribution in [1.29, 1.82) is 0 Å². The van der Waals surface area contributed by atoms with E-state index in [1.807, 2.05) is 0 Å². The Morgan fingerprint density at radius 1 is 0.400 bits per heavy atom. The second-order valence-electron chi connectivity index (χ2n) is 24.3. The molecule has 11 unspecified atom stereocenters. The molecule has 0 aromatic carbocycles. The summed E-state index contributed by atoms with van der Waals surface area (Å²) in [7, 11) is 0. The maximum Gasteiger partial charge on any atom is 0.306 e. The lowest BCUT2D eigenvalue weighted by Crippen LogP contribution is -2.61. The van der Waals surface area contributed by atoms with Crippen LogP contribution in [0, 0.1) is 0 Å². The minimum absolute atomic E-state index is 0.0617. The van der Waals surface area contributed by atoms with Gasteiger partial charge in [0.05, 0.1) is 26.4 Å². The molecule has 0 aromatic heterocycles. The first-order valence-corrected chi connectivity index (χ1v) is 34.9. The predicted octanol–water partition coefficient (Wildman–Crippen LogP) is 14.8. The Balaban J connectivity index is 1.63. The van der Waals surface area contributed by atoms with Gasteiger partial charge in [-0.15, -0.1) is 0 Å². The minimum atomic E-state index is -1.71. The summed E-state index contributed by atoms with van der Waals surface area (Å²) in [4.78, 5) is 13.2. The van der Waals surface area contributed by atoms with E-state index < -0.39 is 80.7 Å². The van der Waals surface area contributed by atoms with E-state index in [9.17, 15) is 40.5 Å². The third kappa shape index (κ3) is 42.3. The van der Waals surface area contributed by atoms with E-state index in [-0.39, 0.29) is 25.6 Å². The molecule has 0 bridgehead atoms. The van der Waals surface area contributed by atoms with Gasteiger partial charge in [0, 0.05) is 13.0 Å². The molecule has 0 spiro atoms. The average Bonchev–Trinajstić information content (AvgIpc) is 3.68. The second kappa shape index (κ2) is 56.9. The highest BCUT2D eigenvalue weighted by molar-refractivity contribution is 5.69. The van der Waals surface area contributed by atoms with Crippen LogP contribution >= 0.6 is 0 Å². The fourth-order valence-electron chi connectivity index (χ4n) is 11.0. The summed E-state index contributed by atoms with van der Waals surface area (Å²) in [5.41, 5.74) is 0. The molecule has 2 heterocycles. The molecule has 11 atom stereocenters. The summed E-state index contributed by atoms with van der Waals surface area (Å²) < 4.78 is 34.6. The molecule has 14 nitrogen and oxygen atoms in total. The van der Waals surface area contributed by atoms with Gasteiger partial charge in [0.1, 0.15) is 54.9 Å². The van der Waals surface area contributed by atoms with Crippen LogP contribution in [-0.4, -0.2) is 142 Å². The summed E-state index contributed by atoms with van der Waals surface area (Å²) in [6, 6.07) is 0. The quantitative estimate of drug-likeness (QED) is 0.0171. The van der Waals surface area contributed by atoms with Crippen LogP contribution in [0.2, 0.25) is 0 Å². The van der Waals surface area contributed by atoms with Gasteiger partial charge in [0.15, 0.2) is 12.6 Å². The molecular weight excluding hydrogens is 1080 g/mol. The van der Waals surface area contributed by atoms with Gasteiger partial charge < -0.3 is 64.2 Å². The minimum Gasteiger partial charge on any atom is -0.457 e. The number of hydrogen-bond acceptors (Lipinski definition) is 14. The summed E-state index contributed by atoms with van der Waals surface area (Å²) >= 11 is 0. The predicted molar refractivity (Wildman–Crippen MR) is 344 cm³/mol. The lowest BCUT2D eigenvalue weighted by Gasteiger charge is -2.42. The third-order valence-corrected chi connectivity index (χ3v) is 16.5. The first kappa shape index (κ1) is 78.8. The van der Waals surface area contributed by atoms with Crippen LogP contribution in [0.3, 0.4) is 0 Å². The molecule has 0 saturated carbocycles. The van der Waals surface area contributed by atoms with E-state index in [0.29, 0.717) is 13.0 Å². The molecule has 0 amide bonds. The van der Waals surface area contributed by atoms with Crippen molar-refractivity contribution < 1.29 is 69.0 Å². The van der Waals surface area contributed by atoms with E-state index >= 15 is 0 Å². The van der Waals surface area contributed by atoms with Gasteiger partial charge in [0.2, 0.25) is 0 Å². The summed E-state index contributed by atoms with van der Waals surface area (Å²) in [5, 5.41) is 72.6. The van der Waals surface area contributed by atoms with Crippen LogP contribution in [0.4, 0.5) is 0 Å². The molecule has 0 radical (unpaired) electrons. The first-order valence-electron chi connectivity index (χ1n) is 34.9. The van der Waals surface area contributed by atoms with E-state index in [1.165, 1.54) is 186 Å². The Hall–Kier alpha value is -2.31. The zero-order valence-corrected chi connectivity index (χ0v) is 53.8. The maximum atomic E-state index is 13.2. The normalized spacial score (nSPS) is 23.5. The van der Waals surface area contributed by atoms with Crippen molar-refractivity contribution in [3.63, 3.8) is 0 Å². The number of allylic oxidation sites excluding steroid dienone is 10. The van der Waals surface area contributed by atoms with Crippen LogP contribution in [-0.2, 0) is 33.2 Å². The van der Waals surface area contributed by atoms with E-state index in [0.717, 1.165) is 70.6 Å². The van der Waals surface area contributed by atoms with Crippen molar-refractivity contribution in [2.45, 2.75) is 351 Å². The molecule has 85 heavy (non-hydrogen) atoms. The number of hydrogen-bond donors (Lipinski definition) is 7. The standard InChI is InChI=1S/C71H128O14/c1-3-5-7-9-11-13-15-17-19-21-23-25-27-29-31-33-35-37-39-41-43-45-47-49-51-53-55-80-57-60(58-81-70-69(79)67(77)65(75)62(85-70)59-82-71-68(78)66(76)64(74)61(56-72)84-71)83-63(73)54-52-50-48-46-44-42-40-38-36-34-32-30-28-26-24-22-20-18-16-14-12-10-8-6-4-2/h6,8,12,14,18,20-21,23-24,26,60-62,64-72,74-79H,3-5,7,9-11,13,15-17,19,22,25,27-59H2,1-2H3/b8-6-,14-12-,20-18-,23-21-,26-24-. The Morgan fingerprint density at radius 3 is 1.21 bits per heavy atom. The number of aliphatic hydroxyl groups is 7. The van der Waals surface area contributed by atoms with Crippen LogP contribution in [0.1, 0.15) is 284 Å². The molecule has 496 valence electrons. The van der Waals surface area contributed by atoms with Crippen LogP contribution in [0.25, 0.3) is 0 Å². The van der Waals surface area contributed by atoms with Crippen molar-refractivity contribution >= 4 is 5.97 Å². The molecule has 0 aliphatic carbocycles. The maximum absolute atomic E-state index is 13.2. The van der Waals surface area contributed by atoms with Gasteiger partial charge >= 0.3 is 5.97 Å². The Labute approximate surface area is 517 Å². The molecule has 2 saturated heterocycles. The SMILES string of the molecule is CC/C=C\C/C=C\C/C=C\C/C=C\CCCCCCCCCCCCCCC(=O)OC(COCCCCCCCCCCCCCCCC/C=C\CCCCCCCCCC)COC1OC(COC2OC(CO)C(O)C(O)C2O)C(O)C(O)C1O. The van der Waals surface area contributed by atoms with Gasteiger partial charge in [-0.3, -0.25) is 4.79 Å². The van der Waals surface area contributed by atoms with Crippen molar-refractivity contribution in [1.82, 2.24) is 0 Å². The topological polar surface area (TPSA) is 214 Å². The van der Waals surface area contributed by atoms with Gasteiger partial charge in [-0.2, -0.15) is 0 Å². The zero-order valence-electron chi connectivity index (χ0n) is 53.8. The highest BCUT2D eigenvalue weighted by atomic mass is 16.7. The van der Waals surface area contributed by atoms with Gasteiger partial charge in [-0.1, -0.05) is 261 Å². The fraction of sp³-hybridized carbons (Fsp3) is 0.845. The highest BCUT2D eigenvalue weighted by Crippen LogP contribution is 2.27. The number of unbranched alkanes of at least 4 members (excludes halogenated alkanes) is 34. The number of rotatable bonds is 58. The third-order valence-electron chi connectivity index (χ3n) is 16.5. The van der Waals surface area contributed by atoms with Crippen molar-refractivity contribution in [2.75, 3.05) is 33.0 Å². The Kier molecular flexibility index (Phi) is 52.7. The second-order valence-corrected chi connectivity index (χ2v) is 24.3. The number of aliphatic hydroxyl groups excluding tert-OH is 7. The Morgan fingerprint density at radius 2 is 0.765 bits per heavy atom. The Bertz CT molecular complexity index is 1640. The van der Waals surface area contributed by atoms with Gasteiger partial charge in [0.25, 0.3) is 0 Å². The molecule has 14 heteroatoms. The van der Waals surface area contributed by atoms with Crippen LogP contribution < -0.4 is 0 Å². The molecule has 0 aromatic rings. The summed E-state index contributed by atoms with van der Waals surface area (Å²) in [6.45, 7) is 3.63. The van der Waals surface area contributed by atoms with Crippen molar-refractivity contribution in [3.8, 4) is 0 Å². The van der Waals surface area contributed by atoms with E-state index in [4.69, 9.17) is 28.4 Å². The summed E-state index contributed by atoms with van der Waals surface area (Å²) in [6.07, 6.45) is 57.2. The largest absolute Gasteiger partial charge is 0.457 e. The summed E-state index contributed by atoms with van der Waals surface area (Å²) in [5.74, 6) is -0.375. The number of ether oxygens (including phenoxy) is 6. The number of carbonyl (C=O) groups is 1. The monoisotopic (exact) mass is 1200 g/mol. The smallest absolute Gasteiger partial charge is 0.306 e. The molecular formula is C71H128O14. The van der Waals surface area contributed by atoms with Crippen molar-refractivity contribution in [3.05, 3.63) is 60.8 Å². The van der Waals surface area contributed by atoms with E-state index in [2.05, 4.69) is 74.6 Å². The molecule has 2 rings (SSSR count). The first-order chi connectivity index (χ1) is 41.6.